The van der Waals surface area contributed by atoms with E-state index in [1.165, 1.54) is 0 Å². The fourth-order valence-electron chi connectivity index (χ4n) is 2.69. The second-order valence-electron chi connectivity index (χ2n) is 5.98. The van der Waals surface area contributed by atoms with Gasteiger partial charge in [-0.15, -0.1) is 0 Å². The molecule has 0 saturated carbocycles. The zero-order valence-electron chi connectivity index (χ0n) is 15.6. The fraction of sp³-hybridized carbons (Fsp3) is 0.190. The Bertz CT molecular complexity index is 1060. The minimum absolute atomic E-state index is 0.000906. The molecular formula is C21H18BrNO6. The molecule has 0 radical (unpaired) electrons. The number of halogens is 1. The number of hydrogen-bond donors (Lipinski definition) is 1. The van der Waals surface area contributed by atoms with Crippen molar-refractivity contribution in [2.45, 2.75) is 13.5 Å². The van der Waals surface area contributed by atoms with Crippen LogP contribution in [-0.4, -0.2) is 31.0 Å². The minimum atomic E-state index is -0.645. The highest BCUT2D eigenvalue weighted by atomic mass is 79.9. The number of para-hydroxylation sites is 1. The van der Waals surface area contributed by atoms with Crippen molar-refractivity contribution in [1.82, 2.24) is 5.32 Å². The largest absolute Gasteiger partial charge is 0.460 e. The van der Waals surface area contributed by atoms with Gasteiger partial charge in [-0.25, -0.2) is 4.79 Å². The molecule has 0 atom stereocenters. The number of benzene rings is 2. The second kappa shape index (κ2) is 9.38. The molecule has 0 spiro atoms. The maximum absolute atomic E-state index is 12.2. The van der Waals surface area contributed by atoms with Crippen LogP contribution >= 0.6 is 15.9 Å². The van der Waals surface area contributed by atoms with E-state index in [0.29, 0.717) is 22.1 Å². The smallest absolute Gasteiger partial charge is 0.374 e. The molecule has 0 unspecified atom stereocenters. The average Bonchev–Trinajstić information content (AvgIpc) is 3.09. The van der Waals surface area contributed by atoms with Crippen LogP contribution in [0.25, 0.3) is 11.0 Å². The van der Waals surface area contributed by atoms with E-state index < -0.39 is 17.8 Å². The predicted octanol–water partition coefficient (Wildman–Crippen LogP) is 3.85. The third kappa shape index (κ3) is 5.03. The Kier molecular flexibility index (Phi) is 6.66. The lowest BCUT2D eigenvalue weighted by Crippen LogP contribution is -2.30. The number of nitrogens with one attached hydrogen (secondary N) is 1. The second-order valence-corrected chi connectivity index (χ2v) is 6.90. The first kappa shape index (κ1) is 20.6. The maximum Gasteiger partial charge on any atom is 0.374 e. The van der Waals surface area contributed by atoms with Crippen LogP contribution in [0.5, 0.6) is 0 Å². The molecule has 1 amide bonds. The molecule has 29 heavy (non-hydrogen) atoms. The van der Waals surface area contributed by atoms with Gasteiger partial charge in [0, 0.05) is 15.4 Å². The van der Waals surface area contributed by atoms with Crippen molar-refractivity contribution in [2.24, 2.45) is 0 Å². The molecule has 150 valence electrons. The summed E-state index contributed by atoms with van der Waals surface area (Å²) in [4.78, 5) is 36.4. The van der Waals surface area contributed by atoms with E-state index in [4.69, 9.17) is 13.9 Å². The molecule has 0 aliphatic rings. The molecule has 1 heterocycles. The molecule has 1 aromatic heterocycles. The number of amides is 1. The molecule has 0 fully saturated rings. The van der Waals surface area contributed by atoms with Gasteiger partial charge in [0.25, 0.3) is 5.91 Å². The van der Waals surface area contributed by atoms with Crippen LogP contribution < -0.4 is 5.32 Å². The summed E-state index contributed by atoms with van der Waals surface area (Å²) < 4.78 is 16.6. The van der Waals surface area contributed by atoms with Gasteiger partial charge in [0.15, 0.2) is 0 Å². The molecule has 0 bridgehead atoms. The van der Waals surface area contributed by atoms with Gasteiger partial charge in [-0.2, -0.15) is 0 Å². The number of furan rings is 1. The van der Waals surface area contributed by atoms with Crippen molar-refractivity contribution in [2.75, 3.05) is 13.2 Å². The molecule has 1 N–H and O–H groups in total. The third-order valence-electron chi connectivity index (χ3n) is 4.02. The summed E-state index contributed by atoms with van der Waals surface area (Å²) >= 11 is 3.29. The summed E-state index contributed by atoms with van der Waals surface area (Å²) in [7, 11) is 0. The normalized spacial score (nSPS) is 10.6. The topological polar surface area (TPSA) is 94.8 Å². The highest BCUT2D eigenvalue weighted by molar-refractivity contribution is 9.10. The number of fused-ring (bicyclic) bond motifs is 1. The van der Waals surface area contributed by atoms with Gasteiger partial charge in [0.1, 0.15) is 18.7 Å². The average molecular weight is 460 g/mol. The summed E-state index contributed by atoms with van der Waals surface area (Å²) in [5.41, 5.74) is 1.33. The highest BCUT2D eigenvalue weighted by Gasteiger charge is 2.22. The van der Waals surface area contributed by atoms with Crippen LogP contribution in [0.4, 0.5) is 0 Å². The molecule has 0 aliphatic carbocycles. The zero-order chi connectivity index (χ0) is 20.8. The van der Waals surface area contributed by atoms with Crippen molar-refractivity contribution in [3.05, 3.63) is 69.9 Å². The van der Waals surface area contributed by atoms with Crippen LogP contribution in [0, 0.1) is 0 Å². The maximum atomic E-state index is 12.2. The fourth-order valence-corrected chi connectivity index (χ4v) is 3.09. The number of esters is 2. The quantitative estimate of drug-likeness (QED) is 0.539. The zero-order valence-corrected chi connectivity index (χ0v) is 17.2. The SMILES string of the molecule is CCOC(=O)c1oc2ccccc2c1COC(=O)CNC(=O)c1cccc(Br)c1. The summed E-state index contributed by atoms with van der Waals surface area (Å²) in [6.07, 6.45) is 0. The van der Waals surface area contributed by atoms with E-state index in [-0.39, 0.29) is 25.5 Å². The lowest BCUT2D eigenvalue weighted by atomic mass is 10.1. The van der Waals surface area contributed by atoms with Crippen LogP contribution in [0.15, 0.2) is 57.4 Å². The summed E-state index contributed by atoms with van der Waals surface area (Å²) in [6.45, 7) is 1.39. The Hall–Kier alpha value is -3.13. The van der Waals surface area contributed by atoms with Crippen LogP contribution in [0.3, 0.4) is 0 Å². The first-order chi connectivity index (χ1) is 14.0. The Morgan fingerprint density at radius 1 is 1.07 bits per heavy atom. The van der Waals surface area contributed by atoms with Gasteiger partial charge < -0.3 is 19.2 Å². The number of carbonyl (C=O) groups excluding carboxylic acids is 3. The van der Waals surface area contributed by atoms with E-state index >= 15 is 0 Å². The highest BCUT2D eigenvalue weighted by Crippen LogP contribution is 2.27. The standard InChI is InChI=1S/C21H18BrNO6/c1-2-27-21(26)19-16(15-8-3-4-9-17(15)29-19)12-28-18(24)11-23-20(25)13-6-5-7-14(22)10-13/h3-10H,2,11-12H2,1H3,(H,23,25). The molecule has 7 nitrogen and oxygen atoms in total. The number of ether oxygens (including phenoxy) is 2. The van der Waals surface area contributed by atoms with Gasteiger partial charge in [-0.3, -0.25) is 9.59 Å². The molecule has 0 aliphatic heterocycles. The molecule has 8 heteroatoms. The summed E-state index contributed by atoms with van der Waals surface area (Å²) in [5, 5.41) is 3.16. The molecule has 3 rings (SSSR count). The van der Waals surface area contributed by atoms with Crippen molar-refractivity contribution in [3.8, 4) is 0 Å². The first-order valence-corrected chi connectivity index (χ1v) is 9.65. The van der Waals surface area contributed by atoms with E-state index in [1.54, 1.807) is 55.5 Å². The van der Waals surface area contributed by atoms with E-state index in [2.05, 4.69) is 21.2 Å². The van der Waals surface area contributed by atoms with Crippen molar-refractivity contribution in [3.63, 3.8) is 0 Å². The number of hydrogen-bond acceptors (Lipinski definition) is 6. The minimum Gasteiger partial charge on any atom is -0.460 e. The Balaban J connectivity index is 1.65. The van der Waals surface area contributed by atoms with E-state index in [9.17, 15) is 14.4 Å². The monoisotopic (exact) mass is 459 g/mol. The number of rotatable bonds is 7. The predicted molar refractivity (Wildman–Crippen MR) is 108 cm³/mol. The van der Waals surface area contributed by atoms with Gasteiger partial charge in [0.2, 0.25) is 5.76 Å². The van der Waals surface area contributed by atoms with E-state index in [0.717, 1.165) is 4.47 Å². The molecule has 3 aromatic rings. The number of carbonyl (C=O) groups is 3. The molecule has 2 aromatic carbocycles. The summed E-state index contributed by atoms with van der Waals surface area (Å²) in [6, 6.07) is 13.8. The molecular weight excluding hydrogens is 442 g/mol. The Labute approximate surface area is 175 Å². The van der Waals surface area contributed by atoms with E-state index in [1.807, 2.05) is 0 Å². The third-order valence-corrected chi connectivity index (χ3v) is 4.51. The van der Waals surface area contributed by atoms with Gasteiger partial charge >= 0.3 is 11.9 Å². The van der Waals surface area contributed by atoms with Crippen molar-refractivity contribution >= 4 is 44.7 Å². The van der Waals surface area contributed by atoms with Crippen molar-refractivity contribution < 1.29 is 28.3 Å². The lowest BCUT2D eigenvalue weighted by Gasteiger charge is -2.07. The van der Waals surface area contributed by atoms with Gasteiger partial charge in [-0.05, 0) is 31.2 Å². The first-order valence-electron chi connectivity index (χ1n) is 8.86. The lowest BCUT2D eigenvalue weighted by molar-refractivity contribution is -0.143. The van der Waals surface area contributed by atoms with Gasteiger partial charge in [-0.1, -0.05) is 40.2 Å². The Morgan fingerprint density at radius 3 is 2.62 bits per heavy atom. The van der Waals surface area contributed by atoms with Crippen molar-refractivity contribution in [1.29, 1.82) is 0 Å². The van der Waals surface area contributed by atoms with Crippen LogP contribution in [0.1, 0.15) is 33.4 Å². The Morgan fingerprint density at radius 2 is 1.86 bits per heavy atom. The summed E-state index contributed by atoms with van der Waals surface area (Å²) in [5.74, 6) is -1.67. The van der Waals surface area contributed by atoms with Gasteiger partial charge in [0.05, 0.1) is 12.2 Å². The molecule has 0 saturated heterocycles. The van der Waals surface area contributed by atoms with Crippen LogP contribution in [0.2, 0.25) is 0 Å². The van der Waals surface area contributed by atoms with Crippen LogP contribution in [-0.2, 0) is 20.9 Å².